The molecule has 0 amide bonds. The van der Waals surface area contributed by atoms with Gasteiger partial charge in [-0.2, -0.15) is 0 Å². The van der Waals surface area contributed by atoms with Gasteiger partial charge in [0.05, 0.1) is 11.6 Å². The van der Waals surface area contributed by atoms with Crippen LogP contribution in [0.25, 0.3) is 0 Å². The molecule has 9 heteroatoms. The van der Waals surface area contributed by atoms with E-state index < -0.39 is 43.1 Å². The fraction of sp³-hybridized carbons (Fsp3) is 0.583. The summed E-state index contributed by atoms with van der Waals surface area (Å²) in [4.78, 5) is 3.77. The van der Waals surface area contributed by atoms with Crippen LogP contribution in [0.1, 0.15) is 0 Å². The van der Waals surface area contributed by atoms with E-state index in [2.05, 4.69) is 10.3 Å². The van der Waals surface area contributed by atoms with Gasteiger partial charge in [0.15, 0.2) is 17.9 Å². The van der Waals surface area contributed by atoms with Crippen molar-refractivity contribution < 1.29 is 29.2 Å². The van der Waals surface area contributed by atoms with Gasteiger partial charge in [-0.1, -0.05) is 11.6 Å². The van der Waals surface area contributed by atoms with Crippen molar-refractivity contribution in [2.45, 2.75) is 30.6 Å². The molecular formula is C12H16ClFN2O5. The van der Waals surface area contributed by atoms with Crippen LogP contribution in [-0.4, -0.2) is 64.7 Å². The van der Waals surface area contributed by atoms with Gasteiger partial charge in [-0.3, -0.25) is 0 Å². The number of halogens is 2. The molecule has 0 aromatic carbocycles. The van der Waals surface area contributed by atoms with E-state index >= 15 is 0 Å². The molecule has 2 rings (SSSR count). The second kappa shape index (κ2) is 6.82. The van der Waals surface area contributed by atoms with Gasteiger partial charge in [-0.05, 0) is 6.07 Å². The lowest BCUT2D eigenvalue weighted by molar-refractivity contribution is -0.254. The summed E-state index contributed by atoms with van der Waals surface area (Å²) in [6, 6.07) is 0.0813. The molecule has 1 aromatic rings. The first-order valence-electron chi connectivity index (χ1n) is 6.20. The number of aromatic nitrogens is 1. The number of anilines is 1. The standard InChI is InChI=1S/C12H16ClFN2O5/c1-20-12-8(10(19)9(18)7(4-17)21-12)16-11-6(14)2-5(13)3-15-11/h2-3,7-10,12,17-19H,4H2,1H3,(H,15,16)/t7-,8+,9+,10-,12?/m1/s1. The molecule has 118 valence electrons. The third-order valence-corrected chi connectivity index (χ3v) is 3.43. The van der Waals surface area contributed by atoms with Crippen LogP contribution in [-0.2, 0) is 9.47 Å². The van der Waals surface area contributed by atoms with Gasteiger partial charge in [-0.15, -0.1) is 0 Å². The van der Waals surface area contributed by atoms with Gasteiger partial charge in [0.1, 0.15) is 24.4 Å². The van der Waals surface area contributed by atoms with Crippen LogP contribution in [0.2, 0.25) is 5.02 Å². The Kier molecular flexibility index (Phi) is 5.31. The van der Waals surface area contributed by atoms with E-state index in [-0.39, 0.29) is 10.8 Å². The minimum atomic E-state index is -1.35. The van der Waals surface area contributed by atoms with Gasteiger partial charge < -0.3 is 30.1 Å². The maximum absolute atomic E-state index is 13.7. The monoisotopic (exact) mass is 322 g/mol. The number of ether oxygens (including phenoxy) is 2. The number of nitrogens with one attached hydrogen (secondary N) is 1. The summed E-state index contributed by atoms with van der Waals surface area (Å²) >= 11 is 5.61. The van der Waals surface area contributed by atoms with Crippen LogP contribution in [0.3, 0.4) is 0 Å². The van der Waals surface area contributed by atoms with E-state index in [1.165, 1.54) is 13.3 Å². The Hall–Kier alpha value is -1.03. The fourth-order valence-electron chi connectivity index (χ4n) is 2.12. The predicted molar refractivity (Wildman–Crippen MR) is 71.4 cm³/mol. The van der Waals surface area contributed by atoms with Gasteiger partial charge in [0, 0.05) is 13.3 Å². The molecule has 1 aliphatic heterocycles. The molecule has 5 atom stereocenters. The Morgan fingerprint density at radius 3 is 2.76 bits per heavy atom. The highest BCUT2D eigenvalue weighted by Crippen LogP contribution is 2.25. The van der Waals surface area contributed by atoms with Crippen molar-refractivity contribution in [3.05, 3.63) is 23.1 Å². The zero-order valence-electron chi connectivity index (χ0n) is 11.1. The minimum Gasteiger partial charge on any atom is -0.394 e. The summed E-state index contributed by atoms with van der Waals surface area (Å²) in [5.74, 6) is -0.882. The summed E-state index contributed by atoms with van der Waals surface area (Å²) in [5, 5.41) is 31.8. The van der Waals surface area contributed by atoms with Crippen LogP contribution in [0.15, 0.2) is 12.3 Å². The highest BCUT2D eigenvalue weighted by atomic mass is 35.5. The molecule has 1 aliphatic rings. The van der Waals surface area contributed by atoms with E-state index in [4.69, 9.17) is 26.2 Å². The second-order valence-electron chi connectivity index (χ2n) is 4.60. The van der Waals surface area contributed by atoms with Crippen molar-refractivity contribution in [1.82, 2.24) is 4.98 Å². The number of pyridine rings is 1. The van der Waals surface area contributed by atoms with Crippen LogP contribution < -0.4 is 5.32 Å². The molecule has 1 aromatic heterocycles. The lowest BCUT2D eigenvalue weighted by Crippen LogP contribution is -2.61. The molecule has 0 spiro atoms. The third-order valence-electron chi connectivity index (χ3n) is 3.22. The topological polar surface area (TPSA) is 104 Å². The van der Waals surface area contributed by atoms with Crippen molar-refractivity contribution in [2.75, 3.05) is 19.0 Å². The van der Waals surface area contributed by atoms with Crippen LogP contribution in [0.5, 0.6) is 0 Å². The van der Waals surface area contributed by atoms with Crippen LogP contribution in [0.4, 0.5) is 10.2 Å². The summed E-state index contributed by atoms with van der Waals surface area (Å²) in [6.07, 6.45) is -3.46. The van der Waals surface area contributed by atoms with Crippen LogP contribution in [0, 0.1) is 5.82 Å². The van der Waals surface area contributed by atoms with Gasteiger partial charge in [0.2, 0.25) is 0 Å². The molecule has 0 bridgehead atoms. The average molecular weight is 323 g/mol. The lowest BCUT2D eigenvalue weighted by Gasteiger charge is -2.41. The van der Waals surface area contributed by atoms with Crippen molar-refractivity contribution in [1.29, 1.82) is 0 Å². The Balaban J connectivity index is 2.20. The van der Waals surface area contributed by atoms with Crippen LogP contribution >= 0.6 is 11.6 Å². The number of hydrogen-bond donors (Lipinski definition) is 4. The summed E-state index contributed by atoms with van der Waals surface area (Å²) in [5.41, 5.74) is 0. The molecule has 1 saturated heterocycles. The quantitative estimate of drug-likeness (QED) is 0.605. The number of methoxy groups -OCH3 is 1. The predicted octanol–water partition coefficient (Wildman–Crippen LogP) is -0.260. The van der Waals surface area contributed by atoms with Gasteiger partial charge >= 0.3 is 0 Å². The molecule has 2 heterocycles. The Morgan fingerprint density at radius 1 is 1.48 bits per heavy atom. The second-order valence-corrected chi connectivity index (χ2v) is 5.03. The van der Waals surface area contributed by atoms with Crippen molar-refractivity contribution in [3.63, 3.8) is 0 Å². The zero-order valence-corrected chi connectivity index (χ0v) is 11.9. The Labute approximate surface area is 125 Å². The first-order chi connectivity index (χ1) is 9.97. The maximum atomic E-state index is 13.7. The normalized spacial score (nSPS) is 33.0. The largest absolute Gasteiger partial charge is 0.394 e. The van der Waals surface area contributed by atoms with Crippen molar-refractivity contribution in [3.8, 4) is 0 Å². The van der Waals surface area contributed by atoms with Gasteiger partial charge in [0.25, 0.3) is 0 Å². The summed E-state index contributed by atoms with van der Waals surface area (Å²) in [6.45, 7) is -0.488. The van der Waals surface area contributed by atoms with E-state index in [0.29, 0.717) is 0 Å². The first kappa shape index (κ1) is 16.3. The number of rotatable bonds is 4. The molecule has 0 radical (unpaired) electrons. The molecule has 1 fully saturated rings. The van der Waals surface area contributed by atoms with Gasteiger partial charge in [-0.25, -0.2) is 9.37 Å². The molecule has 0 saturated carbocycles. The Bertz CT molecular complexity index is 493. The SMILES string of the molecule is COC1O[C@H](CO)[C@H](O)[C@H](O)[C@@H]1Nc1ncc(Cl)cc1F. The summed E-state index contributed by atoms with van der Waals surface area (Å²) < 4.78 is 24.1. The van der Waals surface area contributed by atoms with Crippen molar-refractivity contribution in [2.24, 2.45) is 0 Å². The molecule has 7 nitrogen and oxygen atoms in total. The number of aliphatic hydroxyl groups is 3. The van der Waals surface area contributed by atoms with Crippen molar-refractivity contribution >= 4 is 17.4 Å². The smallest absolute Gasteiger partial charge is 0.180 e. The Morgan fingerprint density at radius 2 is 2.19 bits per heavy atom. The van der Waals surface area contributed by atoms with E-state index in [0.717, 1.165) is 6.07 Å². The van der Waals surface area contributed by atoms with E-state index in [1.807, 2.05) is 0 Å². The number of hydrogen-bond acceptors (Lipinski definition) is 7. The number of nitrogens with zero attached hydrogens (tertiary/aromatic N) is 1. The molecule has 0 aliphatic carbocycles. The highest BCUT2D eigenvalue weighted by Gasteiger charge is 2.44. The third kappa shape index (κ3) is 3.42. The fourth-order valence-corrected chi connectivity index (χ4v) is 2.26. The van der Waals surface area contributed by atoms with E-state index in [1.54, 1.807) is 0 Å². The molecular weight excluding hydrogens is 307 g/mol. The average Bonchev–Trinajstić information content (AvgIpc) is 2.46. The first-order valence-corrected chi connectivity index (χ1v) is 6.58. The number of aliphatic hydroxyl groups excluding tert-OH is 3. The zero-order chi connectivity index (χ0) is 15.6. The minimum absolute atomic E-state index is 0.127. The molecule has 4 N–H and O–H groups in total. The highest BCUT2D eigenvalue weighted by molar-refractivity contribution is 6.30. The van der Waals surface area contributed by atoms with E-state index in [9.17, 15) is 14.6 Å². The molecule has 1 unspecified atom stereocenters. The lowest BCUT2D eigenvalue weighted by atomic mass is 9.97. The molecule has 21 heavy (non-hydrogen) atoms. The summed E-state index contributed by atoms with van der Waals surface area (Å²) in [7, 11) is 1.32. The maximum Gasteiger partial charge on any atom is 0.180 e.